The zero-order chi connectivity index (χ0) is 16.5. The van der Waals surface area contributed by atoms with Crippen LogP contribution in [-0.4, -0.2) is 47.2 Å². The highest BCUT2D eigenvalue weighted by Crippen LogP contribution is 2.03. The Bertz CT molecular complexity index is 600. The molecule has 0 fully saturated rings. The molecule has 0 saturated heterocycles. The third kappa shape index (κ3) is 5.80. The Hall–Kier alpha value is -2.25. The molecule has 1 aromatic heterocycles. The Morgan fingerprint density at radius 2 is 2.09 bits per heavy atom. The van der Waals surface area contributed by atoms with Gasteiger partial charge in [0.1, 0.15) is 13.2 Å². The van der Waals surface area contributed by atoms with Crippen molar-refractivity contribution in [3.63, 3.8) is 0 Å². The van der Waals surface area contributed by atoms with Crippen molar-refractivity contribution in [2.75, 3.05) is 26.2 Å². The molecular weight excluding hydrogens is 296 g/mol. The predicted molar refractivity (Wildman–Crippen MR) is 84.5 cm³/mol. The van der Waals surface area contributed by atoms with E-state index < -0.39 is 0 Å². The van der Waals surface area contributed by atoms with E-state index in [-0.39, 0.29) is 19.1 Å². The van der Waals surface area contributed by atoms with E-state index in [0.29, 0.717) is 31.3 Å². The molecule has 0 aliphatic rings. The van der Waals surface area contributed by atoms with Crippen LogP contribution in [0.3, 0.4) is 0 Å². The molecule has 1 aromatic carbocycles. The number of carbonyl (C=O) groups is 1. The molecule has 0 aliphatic heterocycles. The highest BCUT2D eigenvalue weighted by molar-refractivity contribution is 5.77. The first-order valence-electron chi connectivity index (χ1n) is 7.57. The Kier molecular flexibility index (Phi) is 6.71. The Morgan fingerprint density at radius 3 is 2.74 bits per heavy atom. The number of aryl methyl sites for hydroxylation is 1. The zero-order valence-electron chi connectivity index (χ0n) is 13.3. The summed E-state index contributed by atoms with van der Waals surface area (Å²) in [5.74, 6) is 0.815. The average molecular weight is 318 g/mol. The minimum absolute atomic E-state index is 0.0315. The second-order valence-electron chi connectivity index (χ2n) is 5.13. The minimum atomic E-state index is -0.0948. The van der Waals surface area contributed by atoms with E-state index in [1.54, 1.807) is 11.8 Å². The molecule has 0 unspecified atom stereocenters. The Balaban J connectivity index is 1.78. The topological polar surface area (TPSA) is 94.5 Å². The van der Waals surface area contributed by atoms with Crippen molar-refractivity contribution in [2.45, 2.75) is 20.0 Å². The lowest BCUT2D eigenvalue weighted by Crippen LogP contribution is -2.39. The molecule has 124 valence electrons. The van der Waals surface area contributed by atoms with Gasteiger partial charge in [-0.3, -0.25) is 4.79 Å². The minimum Gasteiger partial charge on any atom is -0.362 e. The van der Waals surface area contributed by atoms with Gasteiger partial charge in [0.15, 0.2) is 5.82 Å². The van der Waals surface area contributed by atoms with Crippen LogP contribution in [0.5, 0.6) is 0 Å². The molecule has 1 amide bonds. The molecule has 0 aliphatic carbocycles. The van der Waals surface area contributed by atoms with Gasteiger partial charge in [-0.15, -0.1) is 0 Å². The molecule has 2 aromatic rings. The van der Waals surface area contributed by atoms with Crippen LogP contribution in [0, 0.1) is 6.92 Å². The number of rotatable bonds is 9. The summed E-state index contributed by atoms with van der Waals surface area (Å²) < 4.78 is 10.3. The highest BCUT2D eigenvalue weighted by atomic mass is 16.5. The summed E-state index contributed by atoms with van der Waals surface area (Å²) in [6.45, 7) is 3.36. The fourth-order valence-electron chi connectivity index (χ4n) is 2.14. The molecule has 7 heteroatoms. The van der Waals surface area contributed by atoms with E-state index >= 15 is 0 Å². The largest absolute Gasteiger partial charge is 0.362 e. The lowest BCUT2D eigenvalue weighted by atomic mass is 10.1. The zero-order valence-corrected chi connectivity index (χ0v) is 13.3. The molecule has 0 spiro atoms. The molecular formula is C16H22N4O3. The lowest BCUT2D eigenvalue weighted by molar-refractivity contribution is -0.136. The fourth-order valence-corrected chi connectivity index (χ4v) is 2.14. The lowest BCUT2D eigenvalue weighted by Gasteiger charge is -2.22. The van der Waals surface area contributed by atoms with Crippen molar-refractivity contribution >= 4 is 5.91 Å². The first-order valence-corrected chi connectivity index (χ1v) is 7.57. The standard InChI is InChI=1S/C16H22N4O3/c1-13-18-15(23-19-13)11-22-12-16(21)20(10-8-17)9-7-14-5-3-2-4-6-14/h2-6H,7-12,17H2,1H3. The van der Waals surface area contributed by atoms with Crippen LogP contribution in [0.4, 0.5) is 0 Å². The van der Waals surface area contributed by atoms with Gasteiger partial charge in [-0.05, 0) is 18.9 Å². The van der Waals surface area contributed by atoms with Gasteiger partial charge in [-0.2, -0.15) is 4.98 Å². The Labute approximate surface area is 135 Å². The van der Waals surface area contributed by atoms with Gasteiger partial charge in [-0.25, -0.2) is 0 Å². The number of benzene rings is 1. The molecule has 1 heterocycles. The number of aromatic nitrogens is 2. The number of nitrogens with zero attached hydrogens (tertiary/aromatic N) is 3. The Morgan fingerprint density at radius 1 is 1.30 bits per heavy atom. The van der Waals surface area contributed by atoms with Gasteiger partial charge in [0.2, 0.25) is 5.91 Å². The van der Waals surface area contributed by atoms with Gasteiger partial charge in [0, 0.05) is 19.6 Å². The maximum atomic E-state index is 12.2. The maximum Gasteiger partial charge on any atom is 0.252 e. The van der Waals surface area contributed by atoms with E-state index in [1.165, 1.54) is 5.56 Å². The van der Waals surface area contributed by atoms with Gasteiger partial charge in [0.05, 0.1) is 0 Å². The van der Waals surface area contributed by atoms with Crippen molar-refractivity contribution in [3.05, 3.63) is 47.6 Å². The third-order valence-corrected chi connectivity index (χ3v) is 3.29. The quantitative estimate of drug-likeness (QED) is 0.739. The summed E-state index contributed by atoms with van der Waals surface area (Å²) in [7, 11) is 0. The summed E-state index contributed by atoms with van der Waals surface area (Å²) in [5, 5.41) is 3.66. The highest BCUT2D eigenvalue weighted by Gasteiger charge is 2.13. The summed E-state index contributed by atoms with van der Waals surface area (Å²) >= 11 is 0. The first-order chi connectivity index (χ1) is 11.2. The molecule has 0 bridgehead atoms. The number of carbonyl (C=O) groups excluding carboxylic acids is 1. The van der Waals surface area contributed by atoms with Crippen molar-refractivity contribution in [1.29, 1.82) is 0 Å². The second-order valence-corrected chi connectivity index (χ2v) is 5.13. The van der Waals surface area contributed by atoms with Gasteiger partial charge in [0.25, 0.3) is 5.89 Å². The number of hydrogen-bond acceptors (Lipinski definition) is 6. The van der Waals surface area contributed by atoms with E-state index in [4.69, 9.17) is 15.0 Å². The predicted octanol–water partition coefficient (Wildman–Crippen LogP) is 0.925. The van der Waals surface area contributed by atoms with Crippen LogP contribution < -0.4 is 5.73 Å². The number of nitrogens with two attached hydrogens (primary N) is 1. The smallest absolute Gasteiger partial charge is 0.252 e. The second kappa shape index (κ2) is 9.02. The van der Waals surface area contributed by atoms with Crippen molar-refractivity contribution in [3.8, 4) is 0 Å². The fraction of sp³-hybridized carbons (Fsp3) is 0.438. The first kappa shape index (κ1) is 17.1. The van der Waals surface area contributed by atoms with Crippen molar-refractivity contribution < 1.29 is 14.1 Å². The van der Waals surface area contributed by atoms with Crippen molar-refractivity contribution in [1.82, 2.24) is 15.0 Å². The summed E-state index contributed by atoms with van der Waals surface area (Å²) in [6.07, 6.45) is 0.787. The molecule has 0 radical (unpaired) electrons. The van der Waals surface area contributed by atoms with Gasteiger partial charge in [-0.1, -0.05) is 35.5 Å². The SMILES string of the molecule is Cc1noc(COCC(=O)N(CCN)CCc2ccccc2)n1. The van der Waals surface area contributed by atoms with Crippen LogP contribution in [-0.2, 0) is 22.6 Å². The van der Waals surface area contributed by atoms with Gasteiger partial charge < -0.3 is 19.9 Å². The van der Waals surface area contributed by atoms with Crippen LogP contribution in [0.25, 0.3) is 0 Å². The van der Waals surface area contributed by atoms with E-state index in [2.05, 4.69) is 10.1 Å². The van der Waals surface area contributed by atoms with Crippen LogP contribution in [0.1, 0.15) is 17.3 Å². The molecule has 23 heavy (non-hydrogen) atoms. The molecule has 2 rings (SSSR count). The maximum absolute atomic E-state index is 12.2. The third-order valence-electron chi connectivity index (χ3n) is 3.29. The molecule has 0 saturated carbocycles. The molecule has 0 atom stereocenters. The number of hydrogen-bond donors (Lipinski definition) is 1. The average Bonchev–Trinajstić information content (AvgIpc) is 2.97. The monoisotopic (exact) mass is 318 g/mol. The van der Waals surface area contributed by atoms with Crippen LogP contribution in [0.15, 0.2) is 34.9 Å². The van der Waals surface area contributed by atoms with Crippen molar-refractivity contribution in [2.24, 2.45) is 5.73 Å². The van der Waals surface area contributed by atoms with E-state index in [0.717, 1.165) is 6.42 Å². The summed E-state index contributed by atoms with van der Waals surface area (Å²) in [5.41, 5.74) is 6.78. The van der Waals surface area contributed by atoms with Gasteiger partial charge >= 0.3 is 0 Å². The summed E-state index contributed by atoms with van der Waals surface area (Å²) in [6, 6.07) is 10.0. The normalized spacial score (nSPS) is 10.7. The summed E-state index contributed by atoms with van der Waals surface area (Å²) in [4.78, 5) is 18.0. The van der Waals surface area contributed by atoms with Crippen LogP contribution >= 0.6 is 0 Å². The van der Waals surface area contributed by atoms with Crippen LogP contribution in [0.2, 0.25) is 0 Å². The van der Waals surface area contributed by atoms with E-state index in [1.807, 2.05) is 30.3 Å². The molecule has 2 N–H and O–H groups in total. The van der Waals surface area contributed by atoms with E-state index in [9.17, 15) is 4.79 Å². The number of amides is 1. The number of ether oxygens (including phenoxy) is 1. The molecule has 7 nitrogen and oxygen atoms in total.